The van der Waals surface area contributed by atoms with E-state index < -0.39 is 4.92 Å². The summed E-state index contributed by atoms with van der Waals surface area (Å²) in [6.45, 7) is 2.46. The lowest BCUT2D eigenvalue weighted by Gasteiger charge is -2.12. The first kappa shape index (κ1) is 13.7. The summed E-state index contributed by atoms with van der Waals surface area (Å²) in [6.07, 6.45) is 0. The highest BCUT2D eigenvalue weighted by atomic mass is 16.6. The Labute approximate surface area is 116 Å². The number of nitrogens with zero attached hydrogens (tertiary/aromatic N) is 1. The van der Waals surface area contributed by atoms with Crippen LogP contribution in [0.5, 0.6) is 5.75 Å². The van der Waals surface area contributed by atoms with Crippen molar-refractivity contribution in [2.75, 3.05) is 17.7 Å². The summed E-state index contributed by atoms with van der Waals surface area (Å²) in [5.74, 6) is 0.715. The van der Waals surface area contributed by atoms with Crippen LogP contribution in [-0.2, 0) is 0 Å². The molecule has 0 atom stereocenters. The highest BCUT2D eigenvalue weighted by Gasteiger charge is 2.11. The fourth-order valence-electron chi connectivity index (χ4n) is 1.81. The van der Waals surface area contributed by atoms with Crippen molar-refractivity contribution in [3.8, 4) is 5.75 Å². The number of para-hydroxylation sites is 2. The molecule has 0 amide bonds. The molecule has 0 unspecified atom stereocenters. The lowest BCUT2D eigenvalue weighted by Crippen LogP contribution is -1.99. The average Bonchev–Trinajstić information content (AvgIpc) is 2.41. The van der Waals surface area contributed by atoms with Crippen molar-refractivity contribution < 1.29 is 9.66 Å². The van der Waals surface area contributed by atoms with E-state index in [9.17, 15) is 10.1 Å². The topological polar surface area (TPSA) is 90.4 Å². The van der Waals surface area contributed by atoms with Gasteiger partial charge in [-0.15, -0.1) is 0 Å². The summed E-state index contributed by atoms with van der Waals surface area (Å²) in [5, 5.41) is 13.9. The van der Waals surface area contributed by atoms with E-state index in [1.54, 1.807) is 6.07 Å². The Kier molecular flexibility index (Phi) is 4.05. The Hall–Kier alpha value is -2.76. The second kappa shape index (κ2) is 5.92. The predicted octanol–water partition coefficient (Wildman–Crippen LogP) is 3.32. The van der Waals surface area contributed by atoms with Crippen molar-refractivity contribution in [1.29, 1.82) is 0 Å². The maximum atomic E-state index is 10.7. The van der Waals surface area contributed by atoms with Crippen LogP contribution in [0.4, 0.5) is 22.7 Å². The molecule has 0 saturated heterocycles. The van der Waals surface area contributed by atoms with E-state index in [1.165, 1.54) is 12.1 Å². The van der Waals surface area contributed by atoms with Gasteiger partial charge in [0.1, 0.15) is 11.4 Å². The van der Waals surface area contributed by atoms with Crippen molar-refractivity contribution in [3.63, 3.8) is 0 Å². The third-order valence-corrected chi connectivity index (χ3v) is 2.69. The standard InChI is InChI=1S/C14H15N3O3/c1-2-20-14-6-4-3-5-12(14)16-10-7-8-13(17(18)19)11(15)9-10/h3-9,16H,2,15H2,1H3. The highest BCUT2D eigenvalue weighted by molar-refractivity contribution is 5.72. The van der Waals surface area contributed by atoms with E-state index in [1.807, 2.05) is 31.2 Å². The van der Waals surface area contributed by atoms with Gasteiger partial charge in [0.2, 0.25) is 0 Å². The number of hydrogen-bond donors (Lipinski definition) is 2. The van der Waals surface area contributed by atoms with Crippen LogP contribution in [0.1, 0.15) is 6.92 Å². The zero-order valence-electron chi connectivity index (χ0n) is 11.0. The van der Waals surface area contributed by atoms with Crippen LogP contribution in [0.15, 0.2) is 42.5 Å². The second-order valence-electron chi connectivity index (χ2n) is 4.08. The van der Waals surface area contributed by atoms with Crippen LogP contribution >= 0.6 is 0 Å². The number of nitro benzene ring substituents is 1. The normalized spacial score (nSPS) is 10.1. The molecule has 104 valence electrons. The van der Waals surface area contributed by atoms with Gasteiger partial charge in [-0.1, -0.05) is 12.1 Å². The van der Waals surface area contributed by atoms with Gasteiger partial charge in [0.05, 0.1) is 17.2 Å². The van der Waals surface area contributed by atoms with Gasteiger partial charge in [0, 0.05) is 11.8 Å². The number of ether oxygens (including phenoxy) is 1. The van der Waals surface area contributed by atoms with E-state index in [2.05, 4.69) is 5.32 Å². The SMILES string of the molecule is CCOc1ccccc1Nc1ccc([N+](=O)[O-])c(N)c1. The maximum Gasteiger partial charge on any atom is 0.292 e. The minimum Gasteiger partial charge on any atom is -0.492 e. The molecule has 2 rings (SSSR count). The van der Waals surface area contributed by atoms with Crippen LogP contribution < -0.4 is 15.8 Å². The third kappa shape index (κ3) is 2.97. The highest BCUT2D eigenvalue weighted by Crippen LogP contribution is 2.30. The Balaban J connectivity index is 2.26. The first-order valence-corrected chi connectivity index (χ1v) is 6.14. The Bertz CT molecular complexity index is 629. The van der Waals surface area contributed by atoms with E-state index >= 15 is 0 Å². The molecular weight excluding hydrogens is 258 g/mol. The van der Waals surface area contributed by atoms with Crippen LogP contribution in [0.2, 0.25) is 0 Å². The van der Waals surface area contributed by atoms with E-state index in [0.717, 1.165) is 5.69 Å². The van der Waals surface area contributed by atoms with Gasteiger partial charge in [-0.3, -0.25) is 10.1 Å². The van der Waals surface area contributed by atoms with Gasteiger partial charge >= 0.3 is 0 Å². The number of benzene rings is 2. The first-order valence-electron chi connectivity index (χ1n) is 6.14. The molecule has 0 aliphatic carbocycles. The third-order valence-electron chi connectivity index (χ3n) is 2.69. The molecule has 2 aromatic carbocycles. The van der Waals surface area contributed by atoms with Gasteiger partial charge in [-0.2, -0.15) is 0 Å². The minimum atomic E-state index is -0.507. The van der Waals surface area contributed by atoms with Crippen molar-refractivity contribution in [2.24, 2.45) is 0 Å². The number of nitrogens with one attached hydrogen (secondary N) is 1. The zero-order valence-corrected chi connectivity index (χ0v) is 11.0. The molecule has 6 nitrogen and oxygen atoms in total. The summed E-state index contributed by atoms with van der Waals surface area (Å²) in [7, 11) is 0. The number of anilines is 3. The number of nitro groups is 1. The molecule has 0 heterocycles. The molecule has 3 N–H and O–H groups in total. The van der Waals surface area contributed by atoms with Crippen LogP contribution in [0.25, 0.3) is 0 Å². The van der Waals surface area contributed by atoms with Crippen LogP contribution in [0, 0.1) is 10.1 Å². The Morgan fingerprint density at radius 2 is 2.05 bits per heavy atom. The molecule has 0 aliphatic heterocycles. The first-order chi connectivity index (χ1) is 9.61. The van der Waals surface area contributed by atoms with E-state index in [-0.39, 0.29) is 11.4 Å². The smallest absolute Gasteiger partial charge is 0.292 e. The van der Waals surface area contributed by atoms with E-state index in [0.29, 0.717) is 18.0 Å². The molecule has 0 spiro atoms. The molecule has 0 fully saturated rings. The van der Waals surface area contributed by atoms with Crippen molar-refractivity contribution >= 4 is 22.7 Å². The number of hydrogen-bond acceptors (Lipinski definition) is 5. The monoisotopic (exact) mass is 273 g/mol. The molecule has 0 aliphatic rings. The summed E-state index contributed by atoms with van der Waals surface area (Å²) in [5.41, 5.74) is 7.12. The van der Waals surface area contributed by atoms with Crippen molar-refractivity contribution in [3.05, 3.63) is 52.6 Å². The Morgan fingerprint density at radius 3 is 2.70 bits per heavy atom. The van der Waals surface area contributed by atoms with Gasteiger partial charge in [0.25, 0.3) is 5.69 Å². The summed E-state index contributed by atoms with van der Waals surface area (Å²) < 4.78 is 5.50. The minimum absolute atomic E-state index is 0.103. The molecule has 6 heteroatoms. The molecule has 0 saturated carbocycles. The quantitative estimate of drug-likeness (QED) is 0.495. The predicted molar refractivity (Wildman–Crippen MR) is 78.4 cm³/mol. The van der Waals surface area contributed by atoms with Gasteiger partial charge < -0.3 is 15.8 Å². The zero-order chi connectivity index (χ0) is 14.5. The van der Waals surface area contributed by atoms with Gasteiger partial charge in [-0.25, -0.2) is 0 Å². The van der Waals surface area contributed by atoms with Crippen molar-refractivity contribution in [2.45, 2.75) is 6.92 Å². The summed E-state index contributed by atoms with van der Waals surface area (Å²) in [6, 6.07) is 12.0. The molecular formula is C14H15N3O3. The van der Waals surface area contributed by atoms with Crippen LogP contribution in [-0.4, -0.2) is 11.5 Å². The number of rotatable bonds is 5. The summed E-state index contributed by atoms with van der Waals surface area (Å²) >= 11 is 0. The van der Waals surface area contributed by atoms with Gasteiger partial charge in [-0.05, 0) is 31.2 Å². The lowest BCUT2D eigenvalue weighted by atomic mass is 10.2. The lowest BCUT2D eigenvalue weighted by molar-refractivity contribution is -0.383. The maximum absolute atomic E-state index is 10.7. The van der Waals surface area contributed by atoms with Crippen LogP contribution in [0.3, 0.4) is 0 Å². The largest absolute Gasteiger partial charge is 0.492 e. The molecule has 2 aromatic rings. The second-order valence-corrected chi connectivity index (χ2v) is 4.08. The van der Waals surface area contributed by atoms with Crippen molar-refractivity contribution in [1.82, 2.24) is 0 Å². The molecule has 0 radical (unpaired) electrons. The fraction of sp³-hybridized carbons (Fsp3) is 0.143. The average molecular weight is 273 g/mol. The molecule has 20 heavy (non-hydrogen) atoms. The van der Waals surface area contributed by atoms with E-state index in [4.69, 9.17) is 10.5 Å². The number of nitrogens with two attached hydrogens (primary N) is 1. The molecule has 0 bridgehead atoms. The number of nitrogen functional groups attached to an aromatic ring is 1. The molecule has 0 aromatic heterocycles. The summed E-state index contributed by atoms with van der Waals surface area (Å²) in [4.78, 5) is 10.2. The van der Waals surface area contributed by atoms with Gasteiger partial charge in [0.15, 0.2) is 0 Å². The Morgan fingerprint density at radius 1 is 1.30 bits per heavy atom. The fourth-order valence-corrected chi connectivity index (χ4v) is 1.81.